The molecule has 3 rings (SSSR count). The molecule has 0 unspecified atom stereocenters. The first-order valence-corrected chi connectivity index (χ1v) is 8.09. The fourth-order valence-electron chi connectivity index (χ4n) is 2.55. The van der Waals surface area contributed by atoms with Crippen LogP contribution >= 0.6 is 0 Å². The molecule has 7 heteroatoms. The Bertz CT molecular complexity index is 970. The minimum Gasteiger partial charge on any atom is -0.354 e. The number of hydrogen-bond donors (Lipinski definition) is 2. The summed E-state index contributed by atoms with van der Waals surface area (Å²) in [7, 11) is 0. The number of pyridine rings is 1. The first-order valence-electron chi connectivity index (χ1n) is 8.09. The first-order chi connectivity index (χ1) is 12.8. The molecule has 0 aliphatic rings. The van der Waals surface area contributed by atoms with E-state index in [4.69, 9.17) is 0 Å². The largest absolute Gasteiger partial charge is 0.418 e. The van der Waals surface area contributed by atoms with Crippen molar-refractivity contribution >= 4 is 23.0 Å². The summed E-state index contributed by atoms with van der Waals surface area (Å²) in [6.07, 6.45) is -1.78. The van der Waals surface area contributed by atoms with E-state index < -0.39 is 17.6 Å². The molecule has 1 heterocycles. The lowest BCUT2D eigenvalue weighted by molar-refractivity contribution is -0.136. The quantitative estimate of drug-likeness (QED) is 0.645. The molecular formula is C20H16F3N3O. The second-order valence-corrected chi connectivity index (χ2v) is 5.95. The monoisotopic (exact) mass is 371 g/mol. The summed E-state index contributed by atoms with van der Waals surface area (Å²) in [6.45, 7) is 1.90. The lowest BCUT2D eigenvalue weighted by Crippen LogP contribution is -2.13. The van der Waals surface area contributed by atoms with Crippen molar-refractivity contribution in [3.8, 4) is 0 Å². The zero-order chi connectivity index (χ0) is 19.4. The summed E-state index contributed by atoms with van der Waals surface area (Å²) in [6, 6.07) is 13.9. The molecule has 1 aromatic heterocycles. The van der Waals surface area contributed by atoms with E-state index in [0.29, 0.717) is 5.69 Å². The minimum atomic E-state index is -4.49. The van der Waals surface area contributed by atoms with Crippen LogP contribution in [0.1, 0.15) is 21.5 Å². The van der Waals surface area contributed by atoms with E-state index in [2.05, 4.69) is 15.6 Å². The van der Waals surface area contributed by atoms with Gasteiger partial charge in [0.25, 0.3) is 5.91 Å². The number of aryl methyl sites for hydroxylation is 1. The predicted octanol–water partition coefficient (Wildman–Crippen LogP) is 5.40. The van der Waals surface area contributed by atoms with Gasteiger partial charge in [-0.3, -0.25) is 9.78 Å². The van der Waals surface area contributed by atoms with E-state index in [0.717, 1.165) is 11.6 Å². The second-order valence-electron chi connectivity index (χ2n) is 5.95. The summed E-state index contributed by atoms with van der Waals surface area (Å²) in [5.41, 5.74) is 1.23. The number of hydrogen-bond acceptors (Lipinski definition) is 3. The van der Waals surface area contributed by atoms with Gasteiger partial charge in [-0.05, 0) is 42.8 Å². The Labute approximate surface area is 154 Å². The zero-order valence-corrected chi connectivity index (χ0v) is 14.3. The molecule has 27 heavy (non-hydrogen) atoms. The van der Waals surface area contributed by atoms with Crippen LogP contribution in [-0.2, 0) is 6.18 Å². The highest BCUT2D eigenvalue weighted by molar-refractivity contribution is 6.04. The number of rotatable bonds is 4. The van der Waals surface area contributed by atoms with Gasteiger partial charge in [-0.1, -0.05) is 24.3 Å². The normalized spacial score (nSPS) is 11.1. The second kappa shape index (κ2) is 7.49. The molecule has 138 valence electrons. The van der Waals surface area contributed by atoms with Crippen molar-refractivity contribution in [1.82, 2.24) is 4.98 Å². The number of nitrogens with one attached hydrogen (secondary N) is 2. The molecule has 3 aromatic rings. The van der Waals surface area contributed by atoms with Crippen molar-refractivity contribution in [2.75, 3.05) is 10.6 Å². The smallest absolute Gasteiger partial charge is 0.354 e. The highest BCUT2D eigenvalue weighted by atomic mass is 19.4. The first kappa shape index (κ1) is 18.4. The number of amides is 1. The van der Waals surface area contributed by atoms with Crippen molar-refractivity contribution in [3.05, 3.63) is 83.7 Å². The maximum atomic E-state index is 13.1. The van der Waals surface area contributed by atoms with Crippen molar-refractivity contribution < 1.29 is 18.0 Å². The van der Waals surface area contributed by atoms with Gasteiger partial charge in [0.05, 0.1) is 28.7 Å². The summed E-state index contributed by atoms with van der Waals surface area (Å²) in [5, 5.41) is 5.42. The lowest BCUT2D eigenvalue weighted by atomic mass is 10.1. The van der Waals surface area contributed by atoms with Gasteiger partial charge >= 0.3 is 6.18 Å². The molecule has 2 N–H and O–H groups in total. The molecule has 0 radical (unpaired) electrons. The molecule has 0 spiro atoms. The van der Waals surface area contributed by atoms with Crippen molar-refractivity contribution in [1.29, 1.82) is 0 Å². The fraction of sp³-hybridized carbons (Fsp3) is 0.100. The van der Waals surface area contributed by atoms with Gasteiger partial charge in [0, 0.05) is 11.9 Å². The van der Waals surface area contributed by atoms with Gasteiger partial charge in [-0.2, -0.15) is 13.2 Å². The predicted molar refractivity (Wildman–Crippen MR) is 98.1 cm³/mol. The van der Waals surface area contributed by atoms with Crippen LogP contribution in [0.5, 0.6) is 0 Å². The number of aromatic nitrogens is 1. The van der Waals surface area contributed by atoms with Gasteiger partial charge in [0.15, 0.2) is 0 Å². The van der Waals surface area contributed by atoms with Crippen LogP contribution in [0, 0.1) is 6.92 Å². The van der Waals surface area contributed by atoms with Gasteiger partial charge in [0.2, 0.25) is 0 Å². The van der Waals surface area contributed by atoms with E-state index in [-0.39, 0.29) is 16.9 Å². The molecule has 1 amide bonds. The standard InChI is InChI=1S/C20H16F3N3O/c1-13-5-4-6-15(9-13)26-19(27)14-10-16(12-24-11-14)25-18-8-3-2-7-17(18)20(21,22)23/h2-12,25H,1H3,(H,26,27). The minimum absolute atomic E-state index is 0.108. The number of benzene rings is 2. The highest BCUT2D eigenvalue weighted by Gasteiger charge is 2.33. The number of carbonyl (C=O) groups excluding carboxylic acids is 1. The Morgan fingerprint density at radius 2 is 1.74 bits per heavy atom. The van der Waals surface area contributed by atoms with E-state index in [9.17, 15) is 18.0 Å². The van der Waals surface area contributed by atoms with Crippen LogP contribution in [0.3, 0.4) is 0 Å². The number of para-hydroxylation sites is 1. The maximum absolute atomic E-state index is 13.1. The van der Waals surface area contributed by atoms with Crippen LogP contribution in [0.4, 0.5) is 30.2 Å². The molecule has 0 aliphatic carbocycles. The molecular weight excluding hydrogens is 355 g/mol. The van der Waals surface area contributed by atoms with Gasteiger partial charge in [-0.15, -0.1) is 0 Å². The summed E-state index contributed by atoms with van der Waals surface area (Å²) < 4.78 is 39.3. The molecule has 2 aromatic carbocycles. The van der Waals surface area contributed by atoms with Gasteiger partial charge in [-0.25, -0.2) is 0 Å². The van der Waals surface area contributed by atoms with Crippen LogP contribution < -0.4 is 10.6 Å². The highest BCUT2D eigenvalue weighted by Crippen LogP contribution is 2.35. The number of carbonyl (C=O) groups is 1. The Morgan fingerprint density at radius 3 is 2.48 bits per heavy atom. The van der Waals surface area contributed by atoms with Crippen LogP contribution in [0.2, 0.25) is 0 Å². The fourth-order valence-corrected chi connectivity index (χ4v) is 2.55. The number of nitrogens with zero attached hydrogens (tertiary/aromatic N) is 1. The lowest BCUT2D eigenvalue weighted by Gasteiger charge is -2.14. The third kappa shape index (κ3) is 4.63. The third-order valence-corrected chi connectivity index (χ3v) is 3.79. The number of anilines is 3. The Hall–Kier alpha value is -3.35. The average Bonchev–Trinajstić information content (AvgIpc) is 2.61. The SMILES string of the molecule is Cc1cccc(NC(=O)c2cncc(Nc3ccccc3C(F)(F)F)c2)c1. The van der Waals surface area contributed by atoms with Crippen molar-refractivity contribution in [2.24, 2.45) is 0 Å². The van der Waals surface area contributed by atoms with Crippen LogP contribution in [-0.4, -0.2) is 10.9 Å². The Morgan fingerprint density at radius 1 is 0.963 bits per heavy atom. The van der Waals surface area contributed by atoms with E-state index in [1.807, 2.05) is 25.1 Å². The average molecular weight is 371 g/mol. The van der Waals surface area contributed by atoms with Gasteiger partial charge in [0.1, 0.15) is 0 Å². The number of alkyl halides is 3. The molecule has 0 aliphatic heterocycles. The third-order valence-electron chi connectivity index (χ3n) is 3.79. The summed E-state index contributed by atoms with van der Waals surface area (Å²) >= 11 is 0. The number of halogens is 3. The van der Waals surface area contributed by atoms with Crippen LogP contribution in [0.15, 0.2) is 67.0 Å². The topological polar surface area (TPSA) is 54.0 Å². The van der Waals surface area contributed by atoms with Crippen molar-refractivity contribution in [2.45, 2.75) is 13.1 Å². The molecule has 0 saturated heterocycles. The summed E-state index contributed by atoms with van der Waals surface area (Å²) in [5.74, 6) is -0.402. The molecule has 0 fully saturated rings. The summed E-state index contributed by atoms with van der Waals surface area (Å²) in [4.78, 5) is 16.3. The Balaban J connectivity index is 1.81. The Kier molecular flexibility index (Phi) is 5.12. The molecule has 4 nitrogen and oxygen atoms in total. The van der Waals surface area contributed by atoms with Crippen molar-refractivity contribution in [3.63, 3.8) is 0 Å². The van der Waals surface area contributed by atoms with E-state index >= 15 is 0 Å². The molecule has 0 atom stereocenters. The van der Waals surface area contributed by atoms with Gasteiger partial charge < -0.3 is 10.6 Å². The maximum Gasteiger partial charge on any atom is 0.418 e. The van der Waals surface area contributed by atoms with Crippen LogP contribution in [0.25, 0.3) is 0 Å². The molecule has 0 bridgehead atoms. The molecule has 0 saturated carbocycles. The zero-order valence-electron chi connectivity index (χ0n) is 14.3. The van der Waals surface area contributed by atoms with E-state index in [1.165, 1.54) is 36.7 Å². The van der Waals surface area contributed by atoms with E-state index in [1.54, 1.807) is 6.07 Å².